The van der Waals surface area contributed by atoms with Crippen LogP contribution in [0.15, 0.2) is 30.3 Å². The maximum Gasteiger partial charge on any atom is 0.237 e. The number of hydrogen-bond acceptors (Lipinski definition) is 3. The van der Waals surface area contributed by atoms with E-state index < -0.39 is 0 Å². The molecule has 2 rings (SSSR count). The highest BCUT2D eigenvalue weighted by Crippen LogP contribution is 2.11. The van der Waals surface area contributed by atoms with Crippen molar-refractivity contribution in [3.8, 4) is 5.75 Å². The summed E-state index contributed by atoms with van der Waals surface area (Å²) in [5.41, 5.74) is 0. The number of morpholine rings is 1. The van der Waals surface area contributed by atoms with Gasteiger partial charge in [-0.1, -0.05) is 18.2 Å². The van der Waals surface area contributed by atoms with Crippen LogP contribution >= 0.6 is 11.6 Å². The first-order valence-electron chi connectivity index (χ1n) is 5.93. The van der Waals surface area contributed by atoms with E-state index in [4.69, 9.17) is 21.1 Å². The molecule has 1 aromatic rings. The average Bonchev–Trinajstić information content (AvgIpc) is 2.45. The number of benzene rings is 1. The number of hydrogen-bond donors (Lipinski definition) is 0. The number of ether oxygens (including phenoxy) is 2. The molecule has 0 spiro atoms. The third-order valence-electron chi connectivity index (χ3n) is 2.78. The Labute approximate surface area is 111 Å². The Bertz CT molecular complexity index is 385. The van der Waals surface area contributed by atoms with Gasteiger partial charge in [-0.2, -0.15) is 0 Å². The van der Waals surface area contributed by atoms with E-state index in [-0.39, 0.29) is 17.9 Å². The van der Waals surface area contributed by atoms with Crippen LogP contribution < -0.4 is 4.74 Å². The molecular formula is C13H16ClNO3. The van der Waals surface area contributed by atoms with E-state index in [1.165, 1.54) is 0 Å². The zero-order chi connectivity index (χ0) is 12.8. The van der Waals surface area contributed by atoms with Crippen molar-refractivity contribution in [3.63, 3.8) is 0 Å². The summed E-state index contributed by atoms with van der Waals surface area (Å²) in [7, 11) is 0. The smallest absolute Gasteiger partial charge is 0.237 e. The van der Waals surface area contributed by atoms with Crippen LogP contribution in [0.1, 0.15) is 0 Å². The van der Waals surface area contributed by atoms with Gasteiger partial charge in [0.25, 0.3) is 0 Å². The van der Waals surface area contributed by atoms with Crippen LogP contribution in [-0.2, 0) is 9.53 Å². The van der Waals surface area contributed by atoms with Crippen molar-refractivity contribution in [1.82, 2.24) is 4.90 Å². The predicted octanol–water partition coefficient (Wildman–Crippen LogP) is 1.53. The van der Waals surface area contributed by atoms with Crippen LogP contribution in [0.3, 0.4) is 0 Å². The molecule has 5 heteroatoms. The number of halogens is 1. The first-order valence-corrected chi connectivity index (χ1v) is 6.46. The summed E-state index contributed by atoms with van der Waals surface area (Å²) in [6.07, 6.45) is -0.0916. The van der Waals surface area contributed by atoms with Gasteiger partial charge in [-0.05, 0) is 12.1 Å². The molecule has 0 radical (unpaired) electrons. The Balaban J connectivity index is 1.81. The maximum absolute atomic E-state index is 11.5. The summed E-state index contributed by atoms with van der Waals surface area (Å²) in [5.74, 6) is 0.776. The lowest BCUT2D eigenvalue weighted by atomic mass is 10.3. The van der Waals surface area contributed by atoms with Gasteiger partial charge in [-0.15, -0.1) is 11.6 Å². The average molecular weight is 270 g/mol. The molecule has 1 saturated heterocycles. The van der Waals surface area contributed by atoms with E-state index in [1.807, 2.05) is 30.3 Å². The van der Waals surface area contributed by atoms with Gasteiger partial charge in [0, 0.05) is 6.54 Å². The minimum absolute atomic E-state index is 0.0201. The third-order valence-corrected chi connectivity index (χ3v) is 3.01. The van der Waals surface area contributed by atoms with Crippen molar-refractivity contribution in [2.45, 2.75) is 6.10 Å². The third kappa shape index (κ3) is 3.62. The highest BCUT2D eigenvalue weighted by Gasteiger charge is 2.23. The minimum atomic E-state index is -0.0916. The molecule has 1 atom stereocenters. The van der Waals surface area contributed by atoms with Gasteiger partial charge >= 0.3 is 0 Å². The molecule has 0 saturated carbocycles. The van der Waals surface area contributed by atoms with Gasteiger partial charge < -0.3 is 14.4 Å². The normalized spacial score (nSPS) is 19.6. The second-order valence-corrected chi connectivity index (χ2v) is 4.36. The summed E-state index contributed by atoms with van der Waals surface area (Å²) in [4.78, 5) is 13.2. The van der Waals surface area contributed by atoms with E-state index in [0.717, 1.165) is 5.75 Å². The molecule has 1 aliphatic heterocycles. The number of carbonyl (C=O) groups excluding carboxylic acids is 1. The topological polar surface area (TPSA) is 38.8 Å². The van der Waals surface area contributed by atoms with Crippen molar-refractivity contribution in [2.24, 2.45) is 0 Å². The zero-order valence-electron chi connectivity index (χ0n) is 10.0. The number of amides is 1. The Hall–Kier alpha value is -1.26. The van der Waals surface area contributed by atoms with Gasteiger partial charge in [0.15, 0.2) is 0 Å². The van der Waals surface area contributed by atoms with Crippen molar-refractivity contribution in [3.05, 3.63) is 30.3 Å². The van der Waals surface area contributed by atoms with Crippen molar-refractivity contribution >= 4 is 17.5 Å². The SMILES string of the molecule is O=C(CCl)N1CCOC(COc2ccccc2)C1. The quantitative estimate of drug-likeness (QED) is 0.778. The standard InChI is InChI=1S/C13H16ClNO3/c14-8-13(16)15-6-7-17-12(9-15)10-18-11-4-2-1-3-5-11/h1-5,12H,6-10H2. The molecular weight excluding hydrogens is 254 g/mol. The molecule has 18 heavy (non-hydrogen) atoms. The number of carbonyl (C=O) groups is 1. The van der Waals surface area contributed by atoms with E-state index >= 15 is 0 Å². The van der Waals surface area contributed by atoms with Crippen LogP contribution in [0.5, 0.6) is 5.75 Å². The lowest BCUT2D eigenvalue weighted by Crippen LogP contribution is -2.48. The van der Waals surface area contributed by atoms with E-state index in [2.05, 4.69) is 0 Å². The molecule has 1 aromatic carbocycles. The number of rotatable bonds is 4. The molecule has 0 aromatic heterocycles. The van der Waals surface area contributed by atoms with Gasteiger partial charge in [-0.3, -0.25) is 4.79 Å². The second-order valence-electron chi connectivity index (χ2n) is 4.09. The monoisotopic (exact) mass is 269 g/mol. The lowest BCUT2D eigenvalue weighted by Gasteiger charge is -2.32. The van der Waals surface area contributed by atoms with Gasteiger partial charge in [0.1, 0.15) is 24.3 Å². The summed E-state index contributed by atoms with van der Waals surface area (Å²) < 4.78 is 11.2. The van der Waals surface area contributed by atoms with E-state index in [9.17, 15) is 4.79 Å². The van der Waals surface area contributed by atoms with E-state index in [1.54, 1.807) is 4.90 Å². The first kappa shape index (κ1) is 13.2. The van der Waals surface area contributed by atoms with Crippen LogP contribution in [0.25, 0.3) is 0 Å². The van der Waals surface area contributed by atoms with Gasteiger partial charge in [0.2, 0.25) is 5.91 Å². The summed E-state index contributed by atoms with van der Waals surface area (Å²) in [5, 5.41) is 0. The molecule has 1 fully saturated rings. The summed E-state index contributed by atoms with van der Waals surface area (Å²) >= 11 is 5.54. The van der Waals surface area contributed by atoms with Crippen LogP contribution in [0, 0.1) is 0 Å². The lowest BCUT2D eigenvalue weighted by molar-refractivity contribution is -0.137. The van der Waals surface area contributed by atoms with Gasteiger partial charge in [-0.25, -0.2) is 0 Å². The molecule has 0 aliphatic carbocycles. The fraction of sp³-hybridized carbons (Fsp3) is 0.462. The Kier molecular flexibility index (Phi) is 4.84. The van der Waals surface area contributed by atoms with Crippen molar-refractivity contribution in [1.29, 1.82) is 0 Å². The molecule has 0 N–H and O–H groups in total. The number of para-hydroxylation sites is 1. The minimum Gasteiger partial charge on any atom is -0.491 e. The van der Waals surface area contributed by atoms with Gasteiger partial charge in [0.05, 0.1) is 13.2 Å². The Morgan fingerprint density at radius 2 is 2.22 bits per heavy atom. The van der Waals surface area contributed by atoms with Crippen LogP contribution in [0.2, 0.25) is 0 Å². The highest BCUT2D eigenvalue weighted by molar-refractivity contribution is 6.27. The highest BCUT2D eigenvalue weighted by atomic mass is 35.5. The summed E-state index contributed by atoms with van der Waals surface area (Å²) in [6.45, 7) is 2.12. The molecule has 1 unspecified atom stereocenters. The molecule has 0 bridgehead atoms. The first-order chi connectivity index (χ1) is 8.79. The Morgan fingerprint density at radius 1 is 1.44 bits per heavy atom. The molecule has 98 valence electrons. The maximum atomic E-state index is 11.5. The number of alkyl halides is 1. The van der Waals surface area contributed by atoms with Crippen LogP contribution in [-0.4, -0.2) is 49.1 Å². The molecule has 1 amide bonds. The fourth-order valence-electron chi connectivity index (χ4n) is 1.84. The molecule has 1 heterocycles. The summed E-state index contributed by atoms with van der Waals surface area (Å²) in [6, 6.07) is 9.56. The van der Waals surface area contributed by atoms with Crippen LogP contribution in [0.4, 0.5) is 0 Å². The van der Waals surface area contributed by atoms with E-state index in [0.29, 0.717) is 26.3 Å². The molecule has 4 nitrogen and oxygen atoms in total. The largest absolute Gasteiger partial charge is 0.491 e. The van der Waals surface area contributed by atoms with Crippen molar-refractivity contribution < 1.29 is 14.3 Å². The molecule has 1 aliphatic rings. The number of nitrogens with zero attached hydrogens (tertiary/aromatic N) is 1. The predicted molar refractivity (Wildman–Crippen MR) is 69.0 cm³/mol. The second kappa shape index (κ2) is 6.61. The van der Waals surface area contributed by atoms with Crippen molar-refractivity contribution in [2.75, 3.05) is 32.2 Å². The Morgan fingerprint density at radius 3 is 2.94 bits per heavy atom. The zero-order valence-corrected chi connectivity index (χ0v) is 10.8. The fourth-order valence-corrected chi connectivity index (χ4v) is 2.01.